The van der Waals surface area contributed by atoms with E-state index in [0.29, 0.717) is 6.04 Å². The van der Waals surface area contributed by atoms with Crippen LogP contribution in [0.5, 0.6) is 5.75 Å². The summed E-state index contributed by atoms with van der Waals surface area (Å²) < 4.78 is 5.14. The Morgan fingerprint density at radius 1 is 1.28 bits per heavy atom. The Kier molecular flexibility index (Phi) is 3.12. The summed E-state index contributed by atoms with van der Waals surface area (Å²) >= 11 is 0. The van der Waals surface area contributed by atoms with Gasteiger partial charge in [0.25, 0.3) is 0 Å². The van der Waals surface area contributed by atoms with E-state index in [4.69, 9.17) is 10.5 Å². The third-order valence-corrected chi connectivity index (χ3v) is 4.37. The fourth-order valence-electron chi connectivity index (χ4n) is 3.34. The molecule has 4 nitrogen and oxygen atoms in total. The van der Waals surface area contributed by atoms with E-state index in [1.54, 1.807) is 13.3 Å². The molecule has 1 aliphatic carbocycles. The van der Waals surface area contributed by atoms with Crippen molar-refractivity contribution in [1.82, 2.24) is 4.98 Å². The van der Waals surface area contributed by atoms with Crippen molar-refractivity contribution in [3.8, 4) is 5.75 Å². The Morgan fingerprint density at radius 2 is 2.11 bits per heavy atom. The van der Waals surface area contributed by atoms with E-state index < -0.39 is 0 Å². The highest BCUT2D eigenvalue weighted by atomic mass is 16.5. The smallest absolute Gasteiger partial charge is 0.137 e. The summed E-state index contributed by atoms with van der Waals surface area (Å²) in [7, 11) is 1.67. The summed E-state index contributed by atoms with van der Waals surface area (Å²) in [6, 6.07) is 4.45. The fourth-order valence-corrected chi connectivity index (χ4v) is 3.34. The molecule has 1 aromatic heterocycles. The fraction of sp³-hybridized carbons (Fsp3) is 0.643. The van der Waals surface area contributed by atoms with Crippen LogP contribution in [0, 0.1) is 11.8 Å². The predicted octanol–water partition coefficient (Wildman–Crippen LogP) is 1.65. The zero-order chi connectivity index (χ0) is 12.5. The van der Waals surface area contributed by atoms with Gasteiger partial charge in [-0.25, -0.2) is 4.98 Å². The van der Waals surface area contributed by atoms with E-state index >= 15 is 0 Å². The largest absolute Gasteiger partial charge is 0.495 e. The molecular formula is C14H21N3O. The standard InChI is InChI=1S/C14H21N3O/c1-18-13-4-5-14(16-7-13)17-8-10-2-3-12(15)6-11(10)9-17/h4-5,7,10-12H,2-3,6,8-9,15H2,1H3/t10-,11+,12?/m1/s1. The number of rotatable bonds is 2. The Morgan fingerprint density at radius 3 is 2.83 bits per heavy atom. The van der Waals surface area contributed by atoms with Gasteiger partial charge in [-0.2, -0.15) is 0 Å². The molecule has 2 fully saturated rings. The minimum atomic E-state index is 0.412. The Hall–Kier alpha value is -1.29. The second-order valence-electron chi connectivity index (χ2n) is 5.55. The average molecular weight is 247 g/mol. The van der Waals surface area contributed by atoms with Crippen LogP contribution in [0.25, 0.3) is 0 Å². The molecule has 1 aliphatic heterocycles. The van der Waals surface area contributed by atoms with Crippen molar-refractivity contribution < 1.29 is 4.74 Å². The topological polar surface area (TPSA) is 51.4 Å². The number of pyridine rings is 1. The molecule has 3 rings (SSSR count). The van der Waals surface area contributed by atoms with Gasteiger partial charge in [0.1, 0.15) is 11.6 Å². The summed E-state index contributed by atoms with van der Waals surface area (Å²) in [5, 5.41) is 0. The minimum Gasteiger partial charge on any atom is -0.495 e. The highest BCUT2D eigenvalue weighted by Crippen LogP contribution is 2.37. The number of ether oxygens (including phenoxy) is 1. The first-order valence-electron chi connectivity index (χ1n) is 6.77. The number of hydrogen-bond acceptors (Lipinski definition) is 4. The molecule has 1 saturated heterocycles. The van der Waals surface area contributed by atoms with Crippen molar-refractivity contribution in [3.63, 3.8) is 0 Å². The summed E-state index contributed by atoms with van der Waals surface area (Å²) in [5.41, 5.74) is 6.06. The first-order valence-corrected chi connectivity index (χ1v) is 6.77. The third-order valence-electron chi connectivity index (χ3n) is 4.37. The molecule has 98 valence electrons. The van der Waals surface area contributed by atoms with Crippen molar-refractivity contribution in [2.75, 3.05) is 25.1 Å². The van der Waals surface area contributed by atoms with Crippen molar-refractivity contribution >= 4 is 5.82 Å². The van der Waals surface area contributed by atoms with Crippen molar-refractivity contribution in [1.29, 1.82) is 0 Å². The lowest BCUT2D eigenvalue weighted by atomic mass is 9.79. The Balaban J connectivity index is 1.70. The maximum absolute atomic E-state index is 6.06. The first kappa shape index (κ1) is 11.8. The van der Waals surface area contributed by atoms with Crippen LogP contribution >= 0.6 is 0 Å². The van der Waals surface area contributed by atoms with Crippen LogP contribution in [0.2, 0.25) is 0 Å². The van der Waals surface area contributed by atoms with Gasteiger partial charge in [-0.3, -0.25) is 0 Å². The van der Waals surface area contributed by atoms with Crippen molar-refractivity contribution in [2.45, 2.75) is 25.3 Å². The van der Waals surface area contributed by atoms with Gasteiger partial charge >= 0.3 is 0 Å². The van der Waals surface area contributed by atoms with E-state index in [2.05, 4.69) is 16.0 Å². The number of hydrogen-bond donors (Lipinski definition) is 1. The molecule has 3 atom stereocenters. The minimum absolute atomic E-state index is 0.412. The van der Waals surface area contributed by atoms with E-state index in [9.17, 15) is 0 Å². The molecule has 1 aromatic rings. The van der Waals surface area contributed by atoms with Crippen LogP contribution < -0.4 is 15.4 Å². The second kappa shape index (κ2) is 4.76. The SMILES string of the molecule is COc1ccc(N2C[C@H]3CCC(N)C[C@H]3C2)nc1. The van der Waals surface area contributed by atoms with Gasteiger partial charge < -0.3 is 15.4 Å². The van der Waals surface area contributed by atoms with Gasteiger partial charge in [0, 0.05) is 19.1 Å². The molecular weight excluding hydrogens is 226 g/mol. The van der Waals surface area contributed by atoms with Crippen LogP contribution in [-0.2, 0) is 0 Å². The van der Waals surface area contributed by atoms with Gasteiger partial charge in [-0.15, -0.1) is 0 Å². The molecule has 0 spiro atoms. The van der Waals surface area contributed by atoms with Gasteiger partial charge in [-0.1, -0.05) is 0 Å². The van der Waals surface area contributed by atoms with E-state index in [1.165, 1.54) is 19.3 Å². The van der Waals surface area contributed by atoms with E-state index in [-0.39, 0.29) is 0 Å². The second-order valence-corrected chi connectivity index (χ2v) is 5.55. The summed E-state index contributed by atoms with van der Waals surface area (Å²) in [6.07, 6.45) is 5.43. The number of anilines is 1. The quantitative estimate of drug-likeness (QED) is 0.863. The molecule has 2 heterocycles. The van der Waals surface area contributed by atoms with Crippen LogP contribution in [0.1, 0.15) is 19.3 Å². The average Bonchev–Trinajstić information content (AvgIpc) is 2.81. The number of fused-ring (bicyclic) bond motifs is 1. The maximum atomic E-state index is 6.06. The van der Waals surface area contributed by atoms with Gasteiger partial charge in [0.2, 0.25) is 0 Å². The summed E-state index contributed by atoms with van der Waals surface area (Å²) in [6.45, 7) is 2.24. The molecule has 4 heteroatoms. The highest BCUT2D eigenvalue weighted by molar-refractivity contribution is 5.42. The number of methoxy groups -OCH3 is 1. The van der Waals surface area contributed by atoms with Gasteiger partial charge in [-0.05, 0) is 43.2 Å². The number of nitrogens with zero attached hydrogens (tertiary/aromatic N) is 2. The molecule has 0 radical (unpaired) electrons. The van der Waals surface area contributed by atoms with Crippen LogP contribution in [0.15, 0.2) is 18.3 Å². The van der Waals surface area contributed by atoms with Crippen LogP contribution in [0.4, 0.5) is 5.82 Å². The molecule has 2 aliphatic rings. The van der Waals surface area contributed by atoms with Crippen molar-refractivity contribution in [3.05, 3.63) is 18.3 Å². The van der Waals surface area contributed by atoms with Crippen LogP contribution in [0.3, 0.4) is 0 Å². The van der Waals surface area contributed by atoms with Gasteiger partial charge in [0.05, 0.1) is 13.3 Å². The summed E-state index contributed by atoms with van der Waals surface area (Å²) in [5.74, 6) is 3.46. The molecule has 0 aromatic carbocycles. The molecule has 1 unspecified atom stereocenters. The highest BCUT2D eigenvalue weighted by Gasteiger charge is 2.37. The summed E-state index contributed by atoms with van der Waals surface area (Å²) in [4.78, 5) is 6.87. The first-order chi connectivity index (χ1) is 8.76. The number of aromatic nitrogens is 1. The predicted molar refractivity (Wildman–Crippen MR) is 71.8 cm³/mol. The maximum Gasteiger partial charge on any atom is 0.137 e. The zero-order valence-corrected chi connectivity index (χ0v) is 10.9. The molecule has 2 N–H and O–H groups in total. The molecule has 18 heavy (non-hydrogen) atoms. The lowest BCUT2D eigenvalue weighted by Gasteiger charge is -2.27. The number of nitrogens with two attached hydrogens (primary N) is 1. The Labute approximate surface area is 108 Å². The molecule has 0 bridgehead atoms. The Bertz CT molecular complexity index is 406. The molecule has 0 amide bonds. The zero-order valence-electron chi connectivity index (χ0n) is 10.9. The van der Waals surface area contributed by atoms with Crippen molar-refractivity contribution in [2.24, 2.45) is 17.6 Å². The van der Waals surface area contributed by atoms with E-state index in [0.717, 1.165) is 36.5 Å². The third kappa shape index (κ3) is 2.17. The van der Waals surface area contributed by atoms with Gasteiger partial charge in [0.15, 0.2) is 0 Å². The lowest BCUT2D eigenvalue weighted by Crippen LogP contribution is -2.32. The monoisotopic (exact) mass is 247 g/mol. The molecule has 1 saturated carbocycles. The lowest BCUT2D eigenvalue weighted by molar-refractivity contribution is 0.271. The van der Waals surface area contributed by atoms with E-state index in [1.807, 2.05) is 6.07 Å². The van der Waals surface area contributed by atoms with Crippen LogP contribution in [-0.4, -0.2) is 31.2 Å². The normalized spacial score (nSPS) is 31.2.